The summed E-state index contributed by atoms with van der Waals surface area (Å²) in [7, 11) is 27.9. The highest BCUT2D eigenvalue weighted by Crippen LogP contribution is 2.82. The van der Waals surface area contributed by atoms with Crippen molar-refractivity contribution in [3.63, 3.8) is 0 Å². The predicted molar refractivity (Wildman–Crippen MR) is 548 cm³/mol. The lowest BCUT2D eigenvalue weighted by Gasteiger charge is -2.51. The van der Waals surface area contributed by atoms with E-state index in [2.05, 4.69) is 310 Å². The zero-order valence-corrected chi connectivity index (χ0v) is 94.1. The topological polar surface area (TPSA) is 138 Å². The number of fused-ring (bicyclic) bond motifs is 10. The van der Waals surface area contributed by atoms with E-state index in [1.165, 1.54) is 135 Å². The molecular weight excluding hydrogens is 1950 g/mol. The van der Waals surface area contributed by atoms with Crippen molar-refractivity contribution in [1.29, 1.82) is 0 Å². The third-order valence-corrected chi connectivity index (χ3v) is 87.6. The highest BCUT2D eigenvalue weighted by atomic mass is 33.7. The van der Waals surface area contributed by atoms with Crippen molar-refractivity contribution < 1.29 is 66.4 Å². The van der Waals surface area contributed by atoms with E-state index >= 15 is 0 Å². The Labute approximate surface area is 790 Å². The fourth-order valence-electron chi connectivity index (χ4n) is 22.7. The Morgan fingerprint density at radius 1 is 0.222 bits per heavy atom. The summed E-state index contributed by atoms with van der Waals surface area (Å²) >= 11 is 0. The molecule has 0 N–H and O–H groups in total. The third kappa shape index (κ3) is 24.2. The first-order chi connectivity index (χ1) is 56.9. The van der Waals surface area contributed by atoms with Crippen LogP contribution in [0.2, 0.25) is 27.7 Å². The van der Waals surface area contributed by atoms with Crippen LogP contribution >= 0.6 is 206 Å². The van der Waals surface area contributed by atoms with Gasteiger partial charge in [0.15, 0.2) is 0 Å². The van der Waals surface area contributed by atoms with Crippen LogP contribution in [0.3, 0.4) is 0 Å². The number of rotatable bonds is 60. The molecule has 11 aliphatic rings. The standard InChI is InChI=1S/C77H144O15S20Si5/c1-16-78-113(79-17-2,80-18-3)66-50-60-39-45-71(66,55-60)94-104-103-93-65-38-36-34-32-31-33-35-37-44-76(99-109-105-95-72-46-40-61(56-72)51-67(72)114(81-19-4,82-20-5)83-21-6,100-110-106-96-73-47-41-62(57-73)52-68(73)115(84-22-7,85-23-8)86-24-9)77(65,101-111-107-97-74-48-42-63(58-74)53-69(74)116(87-25-10,88-26-11)89-27-12)102-112-108-98-75-49-43-64(59-75)54-70(75)117(90-28-13,91-29-14)92-30-15/h60-70H,16-59H2,1-15H3. The summed E-state index contributed by atoms with van der Waals surface area (Å²) in [5.74, 6) is 3.29. The van der Waals surface area contributed by atoms with Gasteiger partial charge in [-0.2, -0.15) is 0 Å². The van der Waals surface area contributed by atoms with Crippen LogP contribution in [-0.2, 0) is 66.4 Å². The van der Waals surface area contributed by atoms with E-state index in [1.807, 2.05) is 0 Å². The SMILES string of the molecule is CCO[Si](OCC)(OCC)C1CC2CCC1(SSSSC1CCCCCCCCCC(SSSSC34CCC(CC3[Si](OCC)(OCC)OCC)C4)(SSSSC34CCC(CC3[Si](OCC)(OCC)OCC)C4)C1(SSSSC13CCC(CC1[Si](OCC)(OCC)OCC)C3)SSSSC13CCC(CC1[Si](OCC)(OCC)OCC)C3)C2. The molecular formula is C77H144O15S20Si5. The van der Waals surface area contributed by atoms with Gasteiger partial charge in [-0.1, -0.05) is 153 Å². The van der Waals surface area contributed by atoms with E-state index in [0.717, 1.165) is 51.4 Å². The fraction of sp³-hybridized carbons (Fsp3) is 1.00. The van der Waals surface area contributed by atoms with E-state index in [0.29, 0.717) is 129 Å². The van der Waals surface area contributed by atoms with Gasteiger partial charge in [-0.25, -0.2) is 0 Å². The first-order valence-corrected chi connectivity index (χ1v) is 78.1. The molecule has 682 valence electrons. The van der Waals surface area contributed by atoms with Crippen LogP contribution in [0.1, 0.15) is 290 Å². The van der Waals surface area contributed by atoms with Crippen molar-refractivity contribution in [3.8, 4) is 0 Å². The quantitative estimate of drug-likeness (QED) is 0.0247. The van der Waals surface area contributed by atoms with Crippen LogP contribution in [0, 0.1) is 29.6 Å². The maximum atomic E-state index is 6.97. The van der Waals surface area contributed by atoms with Crippen molar-refractivity contribution in [1.82, 2.24) is 0 Å². The molecule has 0 heterocycles. The fourth-order valence-corrected chi connectivity index (χ4v) is 94.3. The summed E-state index contributed by atoms with van der Waals surface area (Å²) in [5.41, 5.74) is 1.25. The van der Waals surface area contributed by atoms with Gasteiger partial charge in [-0.15, -0.1) is 0 Å². The average molecular weight is 2090 g/mol. The molecule has 0 aromatic rings. The largest absolute Gasteiger partial charge is 0.505 e. The first kappa shape index (κ1) is 105. The van der Waals surface area contributed by atoms with Gasteiger partial charge in [0, 0.05) is 156 Å². The van der Waals surface area contributed by atoms with E-state index in [-0.39, 0.29) is 60.8 Å². The summed E-state index contributed by atoms with van der Waals surface area (Å²) in [6.45, 7) is 41.1. The van der Waals surface area contributed by atoms with Crippen LogP contribution in [0.5, 0.6) is 0 Å². The Kier molecular flexibility index (Phi) is 45.3. The molecule has 0 aliphatic heterocycles. The lowest BCUT2D eigenvalue weighted by atomic mass is 9.99. The van der Waals surface area contributed by atoms with Crippen molar-refractivity contribution in [2.45, 2.75) is 355 Å². The lowest BCUT2D eigenvalue weighted by molar-refractivity contribution is 0.0553. The second-order valence-electron chi connectivity index (χ2n) is 33.3. The molecule has 0 aromatic heterocycles. The Bertz CT molecular complexity index is 2700. The molecule has 0 spiro atoms. The lowest BCUT2D eigenvalue weighted by Crippen LogP contribution is -2.55. The van der Waals surface area contributed by atoms with Crippen LogP contribution in [0.15, 0.2) is 0 Å². The molecule has 11 saturated carbocycles. The molecule has 16 atom stereocenters. The maximum absolute atomic E-state index is 6.97. The molecule has 0 saturated heterocycles. The van der Waals surface area contributed by atoms with Crippen LogP contribution < -0.4 is 0 Å². The van der Waals surface area contributed by atoms with Gasteiger partial charge < -0.3 is 66.4 Å². The number of hydrogen-bond acceptors (Lipinski definition) is 35. The van der Waals surface area contributed by atoms with Crippen LogP contribution in [0.25, 0.3) is 0 Å². The number of hydrogen-bond donors (Lipinski definition) is 0. The van der Waals surface area contributed by atoms with Gasteiger partial charge in [0.2, 0.25) is 0 Å². The summed E-state index contributed by atoms with van der Waals surface area (Å²) in [5, 5.41) is 0.228. The van der Waals surface area contributed by atoms with E-state index < -0.39 is 48.1 Å². The molecule has 16 unspecified atom stereocenters. The monoisotopic (exact) mass is 2090 g/mol. The third-order valence-electron chi connectivity index (χ3n) is 26.8. The Morgan fingerprint density at radius 2 is 0.427 bits per heavy atom. The summed E-state index contributed by atoms with van der Waals surface area (Å²) in [6, 6.07) is 0. The minimum Gasteiger partial charge on any atom is -0.374 e. The summed E-state index contributed by atoms with van der Waals surface area (Å²) in [4.78, 5) is 0. The molecule has 0 aromatic carbocycles. The van der Waals surface area contributed by atoms with Crippen molar-refractivity contribution in [3.05, 3.63) is 0 Å². The molecule has 15 nitrogen and oxygen atoms in total. The Morgan fingerprint density at radius 3 is 0.658 bits per heavy atom. The minimum atomic E-state index is -3.09. The van der Waals surface area contributed by atoms with Gasteiger partial charge in [-0.3, -0.25) is 0 Å². The predicted octanol–water partition coefficient (Wildman–Crippen LogP) is 30.5. The Hall–Kier alpha value is 7.48. The van der Waals surface area contributed by atoms with Gasteiger partial charge >= 0.3 is 44.0 Å². The van der Waals surface area contributed by atoms with Gasteiger partial charge in [0.25, 0.3) is 0 Å². The van der Waals surface area contributed by atoms with Crippen molar-refractivity contribution >= 4 is 250 Å². The Balaban J connectivity index is 1.04. The van der Waals surface area contributed by atoms with Crippen LogP contribution in [-0.4, -0.2) is 180 Å². The van der Waals surface area contributed by atoms with Crippen LogP contribution in [0.4, 0.5) is 0 Å². The zero-order valence-electron chi connectivity index (χ0n) is 72.8. The smallest absolute Gasteiger partial charge is 0.374 e. The van der Waals surface area contributed by atoms with Crippen molar-refractivity contribution in [2.24, 2.45) is 29.6 Å². The summed E-state index contributed by atoms with van der Waals surface area (Å²) < 4.78 is 104. The zero-order chi connectivity index (χ0) is 83.2. The molecule has 40 heteroatoms. The molecule has 11 rings (SSSR count). The summed E-state index contributed by atoms with van der Waals surface area (Å²) in [6.07, 6.45) is 34.7. The molecule has 117 heavy (non-hydrogen) atoms. The highest BCUT2D eigenvalue weighted by molar-refractivity contribution is 9.31. The minimum absolute atomic E-state index is 0.000612. The second-order valence-corrected chi connectivity index (χ2v) is 79.4. The molecule has 10 bridgehead atoms. The van der Waals surface area contributed by atoms with Gasteiger partial charge in [0.1, 0.15) is 8.16 Å². The highest BCUT2D eigenvalue weighted by Gasteiger charge is 2.72. The van der Waals surface area contributed by atoms with E-state index in [1.54, 1.807) is 0 Å². The molecule has 11 fully saturated rings. The van der Waals surface area contributed by atoms with E-state index in [4.69, 9.17) is 66.4 Å². The van der Waals surface area contributed by atoms with E-state index in [9.17, 15) is 0 Å². The second kappa shape index (κ2) is 50.5. The first-order valence-electron chi connectivity index (χ1n) is 45.0. The average Bonchev–Trinajstić information content (AvgIpc) is 1.71. The normalized spacial score (nSPS) is 35.2. The molecule has 11 aliphatic carbocycles. The molecule has 0 radical (unpaired) electrons. The maximum Gasteiger partial charge on any atom is 0.505 e. The van der Waals surface area contributed by atoms with Gasteiger partial charge in [-0.05, 0) is 373 Å². The van der Waals surface area contributed by atoms with Crippen molar-refractivity contribution in [2.75, 3.05) is 99.1 Å². The molecule has 0 amide bonds. The van der Waals surface area contributed by atoms with Gasteiger partial charge in [0.05, 0.1) is 0 Å².